The molecule has 0 atom stereocenters. The molecule has 0 fully saturated rings. The molecule has 9 heavy (non-hydrogen) atoms. The van der Waals surface area contributed by atoms with Crippen molar-refractivity contribution in [3.63, 3.8) is 0 Å². The van der Waals surface area contributed by atoms with E-state index in [0.717, 1.165) is 5.71 Å². The summed E-state index contributed by atoms with van der Waals surface area (Å²) in [6.07, 6.45) is 1.94. The van der Waals surface area contributed by atoms with Gasteiger partial charge in [-0.05, 0) is 12.3 Å². The third kappa shape index (κ3) is 5.12. The maximum atomic E-state index is 8.16. The minimum atomic E-state index is 0.387. The van der Waals surface area contributed by atoms with Gasteiger partial charge in [0.05, 0.1) is 12.5 Å². The Morgan fingerprint density at radius 3 is 3.00 bits per heavy atom. The summed E-state index contributed by atoms with van der Waals surface area (Å²) >= 11 is 3.79. The van der Waals surface area contributed by atoms with E-state index in [2.05, 4.69) is 17.6 Å². The molecule has 0 heterocycles. The van der Waals surface area contributed by atoms with Gasteiger partial charge >= 0.3 is 0 Å². The molecule has 0 saturated heterocycles. The van der Waals surface area contributed by atoms with Crippen molar-refractivity contribution < 1.29 is 0 Å². The van der Waals surface area contributed by atoms with Crippen LogP contribution in [0.3, 0.4) is 0 Å². The zero-order valence-electron chi connectivity index (χ0n) is 5.20. The van der Waals surface area contributed by atoms with Crippen molar-refractivity contribution in [2.75, 3.05) is 0 Å². The molecular formula is C6H8N2S. The third-order valence-corrected chi connectivity index (χ3v) is 0.830. The quantitative estimate of drug-likeness (QED) is 0.460. The van der Waals surface area contributed by atoms with Crippen LogP contribution in [0.15, 0.2) is 16.6 Å². The minimum absolute atomic E-state index is 0.387. The monoisotopic (exact) mass is 140 g/mol. The number of rotatable bonds is 2. The number of nitriles is 1. The fourth-order valence-corrected chi connectivity index (χ4v) is 0.387. The molecule has 48 valence electrons. The summed E-state index contributed by atoms with van der Waals surface area (Å²) < 4.78 is 0. The summed E-state index contributed by atoms with van der Waals surface area (Å²) in [7, 11) is 0. The molecule has 0 bridgehead atoms. The average molecular weight is 140 g/mol. The molecule has 3 heteroatoms. The molecule has 0 aromatic carbocycles. The van der Waals surface area contributed by atoms with Gasteiger partial charge in [-0.2, -0.15) is 5.26 Å². The second kappa shape index (κ2) is 5.39. The van der Waals surface area contributed by atoms with Gasteiger partial charge in [-0.25, -0.2) is 0 Å². The van der Waals surface area contributed by atoms with Crippen LogP contribution in [0.4, 0.5) is 0 Å². The lowest BCUT2D eigenvalue weighted by molar-refractivity contribution is 1.36. The van der Waals surface area contributed by atoms with Crippen LogP contribution in [-0.2, 0) is 0 Å². The van der Waals surface area contributed by atoms with Crippen LogP contribution in [0.1, 0.15) is 13.3 Å². The lowest BCUT2D eigenvalue weighted by Gasteiger charge is -1.84. The Labute approximate surface area is 60.3 Å². The van der Waals surface area contributed by atoms with E-state index in [4.69, 9.17) is 5.26 Å². The van der Waals surface area contributed by atoms with E-state index in [1.165, 1.54) is 5.41 Å². The molecular weight excluding hydrogens is 132 g/mol. The zero-order chi connectivity index (χ0) is 7.11. The first-order chi connectivity index (χ1) is 4.31. The minimum Gasteiger partial charge on any atom is -0.264 e. The molecule has 0 aromatic rings. The molecule has 0 rings (SSSR count). The van der Waals surface area contributed by atoms with Crippen molar-refractivity contribution in [2.45, 2.75) is 13.3 Å². The normalized spacial score (nSPS) is 11.9. The predicted octanol–water partition coefficient (Wildman–Crippen LogP) is 1.76. The summed E-state index contributed by atoms with van der Waals surface area (Å²) in [5.74, 6) is 0. The third-order valence-electron chi connectivity index (χ3n) is 0.696. The number of nitrogens with zero attached hydrogens (tertiary/aromatic N) is 2. The van der Waals surface area contributed by atoms with E-state index in [0.29, 0.717) is 6.42 Å². The molecule has 0 aliphatic heterocycles. The van der Waals surface area contributed by atoms with E-state index in [1.807, 2.05) is 6.07 Å². The summed E-state index contributed by atoms with van der Waals surface area (Å²) in [5, 5.41) is 9.69. The second-order valence-electron chi connectivity index (χ2n) is 1.50. The van der Waals surface area contributed by atoms with Crippen molar-refractivity contribution in [3.8, 4) is 6.07 Å². The highest BCUT2D eigenvalue weighted by atomic mass is 32.1. The van der Waals surface area contributed by atoms with Crippen molar-refractivity contribution in [2.24, 2.45) is 4.99 Å². The maximum absolute atomic E-state index is 8.16. The molecule has 0 radical (unpaired) electrons. The molecule has 2 nitrogen and oxygen atoms in total. The van der Waals surface area contributed by atoms with Gasteiger partial charge in [0.2, 0.25) is 0 Å². The van der Waals surface area contributed by atoms with Crippen LogP contribution in [0.5, 0.6) is 0 Å². The largest absolute Gasteiger partial charge is 0.264 e. The Kier molecular flexibility index (Phi) is 4.94. The van der Waals surface area contributed by atoms with Crippen LogP contribution in [-0.4, -0.2) is 5.71 Å². The Morgan fingerprint density at radius 2 is 2.56 bits per heavy atom. The smallest absolute Gasteiger partial charge is 0.0732 e. The molecule has 0 amide bonds. The van der Waals surface area contributed by atoms with E-state index in [1.54, 1.807) is 13.1 Å². The van der Waals surface area contributed by atoms with Gasteiger partial charge < -0.3 is 0 Å². The molecule has 0 aromatic heterocycles. The van der Waals surface area contributed by atoms with E-state index in [9.17, 15) is 0 Å². The number of hydrogen-bond acceptors (Lipinski definition) is 3. The van der Waals surface area contributed by atoms with Crippen LogP contribution < -0.4 is 0 Å². The van der Waals surface area contributed by atoms with Gasteiger partial charge in [0.25, 0.3) is 0 Å². The van der Waals surface area contributed by atoms with Gasteiger partial charge in [-0.3, -0.25) is 4.99 Å². The molecule has 0 aliphatic rings. The Hall–Kier alpha value is -0.750. The van der Waals surface area contributed by atoms with Crippen LogP contribution in [0.25, 0.3) is 0 Å². The zero-order valence-corrected chi connectivity index (χ0v) is 6.10. The van der Waals surface area contributed by atoms with Gasteiger partial charge in [0.1, 0.15) is 0 Å². The predicted molar refractivity (Wildman–Crippen MR) is 41.5 cm³/mol. The Balaban J connectivity index is 3.72. The fourth-order valence-electron chi connectivity index (χ4n) is 0.321. The van der Waals surface area contributed by atoms with E-state index < -0.39 is 0 Å². The Bertz CT molecular complexity index is 164. The highest BCUT2D eigenvalue weighted by molar-refractivity contribution is 7.83. The summed E-state index contributed by atoms with van der Waals surface area (Å²) in [6.45, 7) is 1.80. The standard InChI is InChI=1S/C6H8N2S/c1-6(2-3-7)8-4-5-9/h4-5,9H,2H2,1H3/b5-4-,8-6+. The first-order valence-corrected chi connectivity index (χ1v) is 3.02. The topological polar surface area (TPSA) is 36.1 Å². The molecule has 0 aliphatic carbocycles. The van der Waals surface area contributed by atoms with Crippen molar-refractivity contribution in [1.29, 1.82) is 5.26 Å². The second-order valence-corrected chi connectivity index (χ2v) is 1.80. The van der Waals surface area contributed by atoms with Crippen LogP contribution >= 0.6 is 12.6 Å². The lowest BCUT2D eigenvalue weighted by atomic mass is 10.3. The van der Waals surface area contributed by atoms with Crippen molar-refractivity contribution >= 4 is 18.3 Å². The molecule has 0 saturated carbocycles. The first-order valence-electron chi connectivity index (χ1n) is 2.50. The van der Waals surface area contributed by atoms with Gasteiger partial charge in [-0.15, -0.1) is 12.6 Å². The fraction of sp³-hybridized carbons (Fsp3) is 0.333. The summed E-state index contributed by atoms with van der Waals surface area (Å²) in [6, 6.07) is 1.99. The summed E-state index contributed by atoms with van der Waals surface area (Å²) in [5.41, 5.74) is 0.808. The molecule has 0 spiro atoms. The number of aliphatic imine (C=N–C) groups is 1. The SMILES string of the molecule is C/C(CC#N)=N\C=C/S. The van der Waals surface area contributed by atoms with Gasteiger partial charge in [0, 0.05) is 11.9 Å². The molecule has 0 unspecified atom stereocenters. The van der Waals surface area contributed by atoms with Crippen LogP contribution in [0, 0.1) is 11.3 Å². The van der Waals surface area contributed by atoms with Crippen molar-refractivity contribution in [1.82, 2.24) is 0 Å². The van der Waals surface area contributed by atoms with E-state index in [-0.39, 0.29) is 0 Å². The van der Waals surface area contributed by atoms with Gasteiger partial charge in [-0.1, -0.05) is 0 Å². The van der Waals surface area contributed by atoms with E-state index >= 15 is 0 Å². The van der Waals surface area contributed by atoms with Gasteiger partial charge in [0.15, 0.2) is 0 Å². The number of hydrogen-bond donors (Lipinski definition) is 1. The first kappa shape index (κ1) is 8.25. The Morgan fingerprint density at radius 1 is 1.89 bits per heavy atom. The summed E-state index contributed by atoms with van der Waals surface area (Å²) in [4.78, 5) is 3.87. The van der Waals surface area contributed by atoms with Crippen LogP contribution in [0.2, 0.25) is 0 Å². The lowest BCUT2D eigenvalue weighted by Crippen LogP contribution is -1.85. The van der Waals surface area contributed by atoms with Crippen molar-refractivity contribution in [3.05, 3.63) is 11.6 Å². The number of thiol groups is 1. The average Bonchev–Trinajstić information content (AvgIpc) is 1.85. The highest BCUT2D eigenvalue weighted by Gasteiger charge is 1.83. The molecule has 0 N–H and O–H groups in total. The maximum Gasteiger partial charge on any atom is 0.0732 e. The highest BCUT2D eigenvalue weighted by Crippen LogP contribution is 1.86.